The minimum Gasteiger partial charge on any atom is -0.489 e. The topological polar surface area (TPSA) is 55.5 Å². The number of benzene rings is 2. The maximum Gasteiger partial charge on any atom is 0.139 e. The van der Waals surface area contributed by atoms with Crippen LogP contribution in [-0.2, 0) is 0 Å². The fourth-order valence-electron chi connectivity index (χ4n) is 1.66. The van der Waals surface area contributed by atoms with E-state index in [-0.39, 0.29) is 6.61 Å². The van der Waals surface area contributed by atoms with Crippen molar-refractivity contribution in [2.45, 2.75) is 6.10 Å². The first kappa shape index (κ1) is 14.2. The van der Waals surface area contributed by atoms with Crippen molar-refractivity contribution < 1.29 is 9.84 Å². The lowest BCUT2D eigenvalue weighted by Crippen LogP contribution is -2.11. The van der Waals surface area contributed by atoms with Crippen molar-refractivity contribution in [3.05, 3.63) is 57.5 Å². The quantitative estimate of drug-likeness (QED) is 0.831. The molecule has 0 saturated carbocycles. The van der Waals surface area contributed by atoms with Crippen molar-refractivity contribution in [2.24, 2.45) is 0 Å². The van der Waals surface area contributed by atoms with Crippen molar-refractivity contribution in [1.82, 2.24) is 0 Å². The zero-order chi connectivity index (χ0) is 13.8. The van der Waals surface area contributed by atoms with Crippen LogP contribution >= 0.6 is 27.5 Å². The van der Waals surface area contributed by atoms with Crippen LogP contribution in [0, 0.1) is 0 Å². The molecule has 3 N–H and O–H groups in total. The van der Waals surface area contributed by atoms with Gasteiger partial charge in [0.25, 0.3) is 0 Å². The average molecular weight is 343 g/mol. The van der Waals surface area contributed by atoms with Gasteiger partial charge >= 0.3 is 0 Å². The van der Waals surface area contributed by atoms with Crippen LogP contribution in [0.25, 0.3) is 0 Å². The zero-order valence-electron chi connectivity index (χ0n) is 10.0. The van der Waals surface area contributed by atoms with Crippen LogP contribution in [0.4, 0.5) is 5.69 Å². The Balaban J connectivity index is 2.06. The first-order valence-corrected chi connectivity index (χ1v) is 6.85. The molecule has 2 aromatic rings. The molecule has 0 radical (unpaired) electrons. The van der Waals surface area contributed by atoms with Gasteiger partial charge in [0.05, 0.1) is 5.02 Å². The minimum absolute atomic E-state index is 0.0877. The van der Waals surface area contributed by atoms with Gasteiger partial charge in [0.1, 0.15) is 18.5 Å². The average Bonchev–Trinajstić information content (AvgIpc) is 2.40. The van der Waals surface area contributed by atoms with E-state index in [0.29, 0.717) is 22.0 Å². The van der Waals surface area contributed by atoms with E-state index >= 15 is 0 Å². The van der Waals surface area contributed by atoms with Gasteiger partial charge in [-0.05, 0) is 24.3 Å². The number of hydrogen-bond donors (Lipinski definition) is 2. The Labute approximate surface area is 125 Å². The van der Waals surface area contributed by atoms with Crippen molar-refractivity contribution in [2.75, 3.05) is 12.3 Å². The van der Waals surface area contributed by atoms with E-state index in [1.54, 1.807) is 24.3 Å². The monoisotopic (exact) mass is 341 g/mol. The van der Waals surface area contributed by atoms with Gasteiger partial charge in [-0.25, -0.2) is 0 Å². The van der Waals surface area contributed by atoms with Crippen LogP contribution in [-0.4, -0.2) is 11.7 Å². The molecular formula is C14H13BrClNO2. The second kappa shape index (κ2) is 6.28. The molecule has 2 rings (SSSR count). The highest BCUT2D eigenvalue weighted by molar-refractivity contribution is 9.10. The summed E-state index contributed by atoms with van der Waals surface area (Å²) in [6.07, 6.45) is -0.795. The van der Waals surface area contributed by atoms with Crippen LogP contribution in [0.5, 0.6) is 5.75 Å². The van der Waals surface area contributed by atoms with Crippen LogP contribution in [0.2, 0.25) is 5.02 Å². The third-order valence-electron chi connectivity index (χ3n) is 2.64. The number of hydrogen-bond acceptors (Lipinski definition) is 3. The summed E-state index contributed by atoms with van der Waals surface area (Å²) in [6.45, 7) is 0.0877. The Kier molecular flexibility index (Phi) is 4.69. The molecule has 0 aromatic heterocycles. The summed E-state index contributed by atoms with van der Waals surface area (Å²) in [5.41, 5.74) is 6.98. The van der Waals surface area contributed by atoms with Gasteiger partial charge in [-0.3, -0.25) is 0 Å². The van der Waals surface area contributed by atoms with Gasteiger partial charge in [-0.15, -0.1) is 0 Å². The number of anilines is 1. The number of nitrogens with two attached hydrogens (primary N) is 1. The molecule has 0 saturated heterocycles. The Morgan fingerprint density at radius 1 is 1.26 bits per heavy atom. The van der Waals surface area contributed by atoms with E-state index in [1.807, 2.05) is 18.2 Å². The summed E-state index contributed by atoms with van der Waals surface area (Å²) < 4.78 is 6.38. The third kappa shape index (κ3) is 3.62. The SMILES string of the molecule is Nc1ccccc1C(O)COc1cc(Br)ccc1Cl. The molecule has 0 fully saturated rings. The first-order valence-electron chi connectivity index (χ1n) is 5.68. The Morgan fingerprint density at radius 3 is 2.74 bits per heavy atom. The molecule has 0 spiro atoms. The second-order valence-corrected chi connectivity index (χ2v) is 5.35. The molecule has 3 nitrogen and oxygen atoms in total. The van der Waals surface area contributed by atoms with Crippen molar-refractivity contribution in [3.8, 4) is 5.75 Å². The highest BCUT2D eigenvalue weighted by Gasteiger charge is 2.12. The van der Waals surface area contributed by atoms with Gasteiger partial charge in [0.2, 0.25) is 0 Å². The standard InChI is InChI=1S/C14H13BrClNO2/c15-9-5-6-11(16)14(7-9)19-8-13(18)10-3-1-2-4-12(10)17/h1-7,13,18H,8,17H2. The van der Waals surface area contributed by atoms with Crippen LogP contribution in [0.15, 0.2) is 46.9 Å². The Hall–Kier alpha value is -1.23. The summed E-state index contributed by atoms with van der Waals surface area (Å²) in [5, 5.41) is 10.6. The van der Waals surface area contributed by atoms with Gasteiger partial charge < -0.3 is 15.6 Å². The molecule has 5 heteroatoms. The lowest BCUT2D eigenvalue weighted by Gasteiger charge is -2.15. The molecule has 0 aliphatic carbocycles. The van der Waals surface area contributed by atoms with Gasteiger partial charge in [-0.1, -0.05) is 45.7 Å². The summed E-state index contributed by atoms with van der Waals surface area (Å²) in [4.78, 5) is 0. The number of aliphatic hydroxyl groups excluding tert-OH is 1. The molecule has 0 aliphatic rings. The maximum atomic E-state index is 10.1. The normalized spacial score (nSPS) is 12.2. The highest BCUT2D eigenvalue weighted by atomic mass is 79.9. The van der Waals surface area contributed by atoms with Gasteiger partial charge in [0.15, 0.2) is 0 Å². The smallest absolute Gasteiger partial charge is 0.139 e. The summed E-state index contributed by atoms with van der Waals surface area (Å²) in [5.74, 6) is 0.518. The van der Waals surface area contributed by atoms with E-state index in [1.165, 1.54) is 0 Å². The predicted octanol–water partition coefficient (Wildman–Crippen LogP) is 3.80. The number of nitrogen functional groups attached to an aromatic ring is 1. The lowest BCUT2D eigenvalue weighted by atomic mass is 10.1. The molecule has 100 valence electrons. The third-order valence-corrected chi connectivity index (χ3v) is 3.45. The van der Waals surface area contributed by atoms with Crippen LogP contribution in [0.3, 0.4) is 0 Å². The largest absolute Gasteiger partial charge is 0.489 e. The first-order chi connectivity index (χ1) is 9.08. The molecule has 0 bridgehead atoms. The minimum atomic E-state index is -0.795. The number of rotatable bonds is 4. The molecule has 0 aliphatic heterocycles. The summed E-state index contributed by atoms with van der Waals surface area (Å²) >= 11 is 9.34. The highest BCUT2D eigenvalue weighted by Crippen LogP contribution is 2.29. The number of ether oxygens (including phenoxy) is 1. The van der Waals surface area contributed by atoms with Crippen LogP contribution in [0.1, 0.15) is 11.7 Å². The lowest BCUT2D eigenvalue weighted by molar-refractivity contribution is 0.109. The fourth-order valence-corrected chi connectivity index (χ4v) is 2.17. The van der Waals surface area contributed by atoms with Crippen LogP contribution < -0.4 is 10.5 Å². The molecule has 0 amide bonds. The van der Waals surface area contributed by atoms with E-state index < -0.39 is 6.10 Å². The fraction of sp³-hybridized carbons (Fsp3) is 0.143. The summed E-state index contributed by atoms with van der Waals surface area (Å²) in [6, 6.07) is 12.4. The summed E-state index contributed by atoms with van der Waals surface area (Å²) in [7, 11) is 0. The van der Waals surface area contributed by atoms with Crippen molar-refractivity contribution in [1.29, 1.82) is 0 Å². The number of halogens is 2. The maximum absolute atomic E-state index is 10.1. The van der Waals surface area contributed by atoms with Crippen molar-refractivity contribution >= 4 is 33.2 Å². The molecule has 19 heavy (non-hydrogen) atoms. The molecular weight excluding hydrogens is 330 g/mol. The Morgan fingerprint density at radius 2 is 2.00 bits per heavy atom. The zero-order valence-corrected chi connectivity index (χ0v) is 12.4. The second-order valence-electron chi connectivity index (χ2n) is 4.03. The molecule has 1 atom stereocenters. The van der Waals surface area contributed by atoms with Gasteiger partial charge in [0, 0.05) is 15.7 Å². The van der Waals surface area contributed by atoms with Crippen molar-refractivity contribution in [3.63, 3.8) is 0 Å². The van der Waals surface area contributed by atoms with E-state index in [9.17, 15) is 5.11 Å². The number of para-hydroxylation sites is 1. The van der Waals surface area contributed by atoms with E-state index in [2.05, 4.69) is 15.9 Å². The molecule has 1 unspecified atom stereocenters. The van der Waals surface area contributed by atoms with Gasteiger partial charge in [-0.2, -0.15) is 0 Å². The van der Waals surface area contributed by atoms with E-state index in [0.717, 1.165) is 4.47 Å². The van der Waals surface area contributed by atoms with E-state index in [4.69, 9.17) is 22.1 Å². The predicted molar refractivity (Wildman–Crippen MR) is 80.5 cm³/mol. The number of aliphatic hydroxyl groups is 1. The molecule has 2 aromatic carbocycles. The molecule has 0 heterocycles. The Bertz CT molecular complexity index is 577.